The Labute approximate surface area is 149 Å². The van der Waals surface area contributed by atoms with Gasteiger partial charge >= 0.3 is 0 Å². The fourth-order valence-electron chi connectivity index (χ4n) is 3.91. The number of hydrogen-bond donors (Lipinski definition) is 1. The standard InChI is InChI=1S/C20H28N2O3/c1-3-25-17-11-7-4-8-15(17)14-22-18(23)12-13-20(22,2)19(24)21-16-9-5-6-10-16/h4,7-8,11,16H,3,5-6,9-10,12-14H2,1-2H3,(H,21,24). The van der Waals surface area contributed by atoms with E-state index in [1.165, 1.54) is 12.8 Å². The number of hydrogen-bond acceptors (Lipinski definition) is 3. The Kier molecular flexibility index (Phi) is 5.30. The van der Waals surface area contributed by atoms with E-state index in [1.54, 1.807) is 4.90 Å². The molecule has 136 valence electrons. The molecule has 3 rings (SSSR count). The van der Waals surface area contributed by atoms with Crippen molar-refractivity contribution in [1.29, 1.82) is 0 Å². The van der Waals surface area contributed by atoms with Crippen LogP contribution < -0.4 is 10.1 Å². The van der Waals surface area contributed by atoms with Crippen LogP contribution in [0, 0.1) is 0 Å². The molecule has 1 atom stereocenters. The van der Waals surface area contributed by atoms with Gasteiger partial charge in [-0.1, -0.05) is 31.0 Å². The Hall–Kier alpha value is -2.04. The van der Waals surface area contributed by atoms with Crippen molar-refractivity contribution in [2.24, 2.45) is 0 Å². The van der Waals surface area contributed by atoms with Crippen LogP contribution in [-0.2, 0) is 16.1 Å². The van der Waals surface area contributed by atoms with Crippen LogP contribution in [0.1, 0.15) is 57.9 Å². The van der Waals surface area contributed by atoms with E-state index < -0.39 is 5.54 Å². The summed E-state index contributed by atoms with van der Waals surface area (Å²) in [5, 5.41) is 3.17. The fourth-order valence-corrected chi connectivity index (χ4v) is 3.91. The third-order valence-corrected chi connectivity index (χ3v) is 5.50. The second-order valence-corrected chi connectivity index (χ2v) is 7.25. The van der Waals surface area contributed by atoms with Crippen molar-refractivity contribution < 1.29 is 14.3 Å². The van der Waals surface area contributed by atoms with Crippen molar-refractivity contribution in [3.8, 4) is 5.75 Å². The first-order chi connectivity index (χ1) is 12.0. The number of nitrogens with zero attached hydrogens (tertiary/aromatic N) is 1. The molecule has 1 N–H and O–H groups in total. The first kappa shape index (κ1) is 17.8. The Balaban J connectivity index is 1.78. The number of rotatable bonds is 6. The summed E-state index contributed by atoms with van der Waals surface area (Å²) >= 11 is 0. The molecule has 2 fully saturated rings. The van der Waals surface area contributed by atoms with Gasteiger partial charge in [0, 0.05) is 18.0 Å². The largest absolute Gasteiger partial charge is 0.494 e. The predicted molar refractivity (Wildman–Crippen MR) is 96.2 cm³/mol. The molecule has 1 aliphatic carbocycles. The summed E-state index contributed by atoms with van der Waals surface area (Å²) in [6, 6.07) is 8.00. The third-order valence-electron chi connectivity index (χ3n) is 5.50. The molecule has 1 aromatic rings. The first-order valence-electron chi connectivity index (χ1n) is 9.36. The SMILES string of the molecule is CCOc1ccccc1CN1C(=O)CCC1(C)C(=O)NC1CCCC1. The maximum Gasteiger partial charge on any atom is 0.245 e. The molecule has 1 aliphatic heterocycles. The lowest BCUT2D eigenvalue weighted by molar-refractivity contribution is -0.141. The summed E-state index contributed by atoms with van der Waals surface area (Å²) in [6.07, 6.45) is 5.43. The average molecular weight is 344 g/mol. The fraction of sp³-hybridized carbons (Fsp3) is 0.600. The Morgan fingerprint density at radius 1 is 1.32 bits per heavy atom. The highest BCUT2D eigenvalue weighted by molar-refractivity contribution is 5.94. The normalized spacial score (nSPS) is 23.9. The molecule has 1 unspecified atom stereocenters. The summed E-state index contributed by atoms with van der Waals surface area (Å²) in [5.41, 5.74) is 0.165. The van der Waals surface area contributed by atoms with E-state index in [0.717, 1.165) is 24.2 Å². The monoisotopic (exact) mass is 344 g/mol. The maximum atomic E-state index is 12.9. The molecular formula is C20H28N2O3. The van der Waals surface area contributed by atoms with Crippen LogP contribution in [0.4, 0.5) is 0 Å². The summed E-state index contributed by atoms with van der Waals surface area (Å²) in [5.74, 6) is 0.803. The van der Waals surface area contributed by atoms with E-state index in [4.69, 9.17) is 4.74 Å². The number of nitrogens with one attached hydrogen (secondary N) is 1. The van der Waals surface area contributed by atoms with E-state index in [9.17, 15) is 9.59 Å². The minimum atomic E-state index is -0.779. The molecule has 1 aromatic carbocycles. The van der Waals surface area contributed by atoms with Crippen LogP contribution in [0.5, 0.6) is 5.75 Å². The van der Waals surface area contributed by atoms with Gasteiger partial charge in [-0.15, -0.1) is 0 Å². The van der Waals surface area contributed by atoms with Crippen LogP contribution in [0.2, 0.25) is 0 Å². The Bertz CT molecular complexity index is 640. The van der Waals surface area contributed by atoms with Crippen molar-refractivity contribution >= 4 is 11.8 Å². The number of likely N-dealkylation sites (tertiary alicyclic amines) is 1. The Morgan fingerprint density at radius 2 is 2.04 bits per heavy atom. The molecule has 0 radical (unpaired) electrons. The molecule has 25 heavy (non-hydrogen) atoms. The number of ether oxygens (including phenoxy) is 1. The lowest BCUT2D eigenvalue weighted by atomic mass is 9.96. The van der Waals surface area contributed by atoms with Gasteiger partial charge in [-0.25, -0.2) is 0 Å². The van der Waals surface area contributed by atoms with Gasteiger partial charge in [0.2, 0.25) is 11.8 Å². The molecular weight excluding hydrogens is 316 g/mol. The van der Waals surface area contributed by atoms with Crippen molar-refractivity contribution in [1.82, 2.24) is 10.2 Å². The molecule has 1 heterocycles. The number of benzene rings is 1. The van der Waals surface area contributed by atoms with Crippen LogP contribution >= 0.6 is 0 Å². The van der Waals surface area contributed by atoms with Crippen LogP contribution in [0.3, 0.4) is 0 Å². The van der Waals surface area contributed by atoms with Gasteiger partial charge in [-0.05, 0) is 39.2 Å². The van der Waals surface area contributed by atoms with E-state index >= 15 is 0 Å². The molecule has 5 nitrogen and oxygen atoms in total. The summed E-state index contributed by atoms with van der Waals surface area (Å²) in [7, 11) is 0. The predicted octanol–water partition coefficient (Wildman–Crippen LogP) is 3.03. The zero-order valence-electron chi connectivity index (χ0n) is 15.2. The average Bonchev–Trinajstić information content (AvgIpc) is 3.21. The van der Waals surface area contributed by atoms with Gasteiger partial charge in [-0.3, -0.25) is 9.59 Å². The number of amides is 2. The molecule has 1 saturated heterocycles. The number of carbonyl (C=O) groups excluding carboxylic acids is 2. The zero-order valence-corrected chi connectivity index (χ0v) is 15.2. The first-order valence-corrected chi connectivity index (χ1v) is 9.36. The van der Waals surface area contributed by atoms with Crippen LogP contribution in [0.15, 0.2) is 24.3 Å². The minimum Gasteiger partial charge on any atom is -0.494 e. The molecule has 0 aromatic heterocycles. The number of carbonyl (C=O) groups is 2. The summed E-state index contributed by atoms with van der Waals surface area (Å²) < 4.78 is 5.68. The van der Waals surface area contributed by atoms with E-state index in [1.807, 2.05) is 38.1 Å². The van der Waals surface area contributed by atoms with E-state index in [2.05, 4.69) is 5.32 Å². The van der Waals surface area contributed by atoms with Gasteiger partial charge in [0.05, 0.1) is 13.2 Å². The minimum absolute atomic E-state index is 0.0147. The van der Waals surface area contributed by atoms with Crippen molar-refractivity contribution in [2.45, 2.75) is 70.5 Å². The molecule has 5 heteroatoms. The zero-order chi connectivity index (χ0) is 17.9. The lowest BCUT2D eigenvalue weighted by Gasteiger charge is -2.35. The third kappa shape index (κ3) is 3.65. The van der Waals surface area contributed by atoms with E-state index in [-0.39, 0.29) is 17.9 Å². The highest BCUT2D eigenvalue weighted by Gasteiger charge is 2.47. The Morgan fingerprint density at radius 3 is 2.76 bits per heavy atom. The highest BCUT2D eigenvalue weighted by Crippen LogP contribution is 2.34. The van der Waals surface area contributed by atoms with Gasteiger partial charge in [0.1, 0.15) is 11.3 Å². The summed E-state index contributed by atoms with van der Waals surface area (Å²) in [4.78, 5) is 27.2. The van der Waals surface area contributed by atoms with Crippen LogP contribution in [-0.4, -0.2) is 34.9 Å². The van der Waals surface area contributed by atoms with Gasteiger partial charge in [-0.2, -0.15) is 0 Å². The second kappa shape index (κ2) is 7.46. The number of para-hydroxylation sites is 1. The molecule has 0 spiro atoms. The van der Waals surface area contributed by atoms with Gasteiger partial charge < -0.3 is 15.0 Å². The van der Waals surface area contributed by atoms with Gasteiger partial charge in [0.15, 0.2) is 0 Å². The topological polar surface area (TPSA) is 58.6 Å². The molecule has 1 saturated carbocycles. The quantitative estimate of drug-likeness (QED) is 0.863. The van der Waals surface area contributed by atoms with Crippen LogP contribution in [0.25, 0.3) is 0 Å². The van der Waals surface area contributed by atoms with Crippen molar-refractivity contribution in [2.75, 3.05) is 6.61 Å². The summed E-state index contributed by atoms with van der Waals surface area (Å²) in [6.45, 7) is 4.82. The molecule has 2 aliphatic rings. The van der Waals surface area contributed by atoms with Crippen molar-refractivity contribution in [3.05, 3.63) is 29.8 Å². The lowest BCUT2D eigenvalue weighted by Crippen LogP contribution is -2.55. The second-order valence-electron chi connectivity index (χ2n) is 7.25. The van der Waals surface area contributed by atoms with Crippen molar-refractivity contribution in [3.63, 3.8) is 0 Å². The smallest absolute Gasteiger partial charge is 0.245 e. The van der Waals surface area contributed by atoms with E-state index in [0.29, 0.717) is 26.0 Å². The maximum absolute atomic E-state index is 12.9. The molecule has 0 bridgehead atoms. The van der Waals surface area contributed by atoms with Gasteiger partial charge in [0.25, 0.3) is 0 Å². The highest BCUT2D eigenvalue weighted by atomic mass is 16.5. The molecule has 2 amide bonds.